The summed E-state index contributed by atoms with van der Waals surface area (Å²) in [5, 5.41) is 4.16. The molecule has 0 bridgehead atoms. The number of allylic oxidation sites excluding steroid dienone is 1. The highest BCUT2D eigenvalue weighted by molar-refractivity contribution is 8.01. The van der Waals surface area contributed by atoms with E-state index < -0.39 is 0 Å². The maximum Gasteiger partial charge on any atom is 0.237 e. The van der Waals surface area contributed by atoms with Gasteiger partial charge in [0.05, 0.1) is 10.9 Å². The summed E-state index contributed by atoms with van der Waals surface area (Å²) in [6.45, 7) is 6.53. The highest BCUT2D eigenvalue weighted by atomic mass is 32.2. The van der Waals surface area contributed by atoms with E-state index in [1.165, 1.54) is 44.9 Å². The number of aryl methyl sites for hydroxylation is 1. The zero-order valence-corrected chi connectivity index (χ0v) is 21.8. The Hall–Kier alpha value is -0.590. The highest BCUT2D eigenvalue weighted by Crippen LogP contribution is 2.38. The van der Waals surface area contributed by atoms with Crippen LogP contribution in [0.5, 0.6) is 0 Å². The fourth-order valence-corrected chi connectivity index (χ4v) is 6.43. The van der Waals surface area contributed by atoms with Crippen molar-refractivity contribution in [2.24, 2.45) is 0 Å². The normalized spacial score (nSPS) is 16.8. The van der Waals surface area contributed by atoms with Crippen molar-refractivity contribution in [1.82, 2.24) is 4.98 Å². The van der Waals surface area contributed by atoms with Crippen LogP contribution in [0, 0.1) is 6.92 Å². The van der Waals surface area contributed by atoms with Gasteiger partial charge in [0.1, 0.15) is 5.03 Å². The van der Waals surface area contributed by atoms with Crippen LogP contribution in [0.2, 0.25) is 0 Å². The highest BCUT2D eigenvalue weighted by Gasteiger charge is 2.28. The van der Waals surface area contributed by atoms with Crippen LogP contribution >= 0.6 is 35.3 Å². The lowest BCUT2D eigenvalue weighted by Gasteiger charge is -2.27. The van der Waals surface area contributed by atoms with E-state index in [0.29, 0.717) is 0 Å². The molecule has 6 heteroatoms. The molecule has 1 atom stereocenters. The van der Waals surface area contributed by atoms with Crippen molar-refractivity contribution in [1.29, 1.82) is 0 Å². The molecule has 3 nitrogen and oxygen atoms in total. The summed E-state index contributed by atoms with van der Waals surface area (Å²) < 4.78 is 0. The molecule has 1 aliphatic heterocycles. The Labute approximate surface area is 196 Å². The van der Waals surface area contributed by atoms with E-state index in [-0.39, 0.29) is 11.2 Å². The molecule has 2 rings (SSSR count). The van der Waals surface area contributed by atoms with Gasteiger partial charge in [-0.15, -0.1) is 35.3 Å². The van der Waals surface area contributed by atoms with Crippen molar-refractivity contribution in [3.8, 4) is 0 Å². The number of thioether (sulfide) groups is 3. The van der Waals surface area contributed by atoms with Crippen molar-refractivity contribution >= 4 is 46.9 Å². The van der Waals surface area contributed by atoms with Gasteiger partial charge in [-0.25, -0.2) is 4.98 Å². The average molecular weight is 467 g/mol. The third-order valence-corrected chi connectivity index (χ3v) is 8.33. The van der Waals surface area contributed by atoms with E-state index in [1.807, 2.05) is 24.9 Å². The number of carbonyl (C=O) groups excluding carboxylic acids is 1. The quantitative estimate of drug-likeness (QED) is 0.194. The first-order chi connectivity index (χ1) is 14.5. The van der Waals surface area contributed by atoms with E-state index in [2.05, 4.69) is 36.5 Å². The van der Waals surface area contributed by atoms with Crippen molar-refractivity contribution < 1.29 is 4.79 Å². The van der Waals surface area contributed by atoms with Crippen LogP contribution in [0.3, 0.4) is 0 Å². The van der Waals surface area contributed by atoms with Crippen LogP contribution in [0.1, 0.15) is 77.3 Å². The molecule has 0 radical (unpaired) electrons. The van der Waals surface area contributed by atoms with E-state index in [1.54, 1.807) is 34.7 Å². The molecule has 168 valence electrons. The van der Waals surface area contributed by atoms with Gasteiger partial charge in [0.2, 0.25) is 5.91 Å². The number of nitrogens with one attached hydrogen (secondary N) is 1. The molecule has 0 aromatic carbocycles. The molecule has 0 spiro atoms. The smallest absolute Gasteiger partial charge is 0.237 e. The van der Waals surface area contributed by atoms with Crippen LogP contribution in [-0.2, 0) is 4.79 Å². The second-order valence-electron chi connectivity index (χ2n) is 7.96. The number of amides is 1. The first kappa shape index (κ1) is 25.7. The maximum absolute atomic E-state index is 13.2. The Morgan fingerprint density at radius 2 is 1.77 bits per heavy atom. The number of aromatic nitrogens is 1. The zero-order valence-electron chi connectivity index (χ0n) is 19.3. The predicted molar refractivity (Wildman–Crippen MR) is 137 cm³/mol. The fourth-order valence-electron chi connectivity index (χ4n) is 3.85. The summed E-state index contributed by atoms with van der Waals surface area (Å²) >= 11 is 5.09. The van der Waals surface area contributed by atoms with E-state index >= 15 is 0 Å². The molecular formula is C24H38N2OS3. The lowest BCUT2D eigenvalue weighted by Crippen LogP contribution is -2.29. The lowest BCUT2D eigenvalue weighted by atomic mass is 9.94. The monoisotopic (exact) mass is 466 g/mol. The second-order valence-corrected chi connectivity index (χ2v) is 10.8. The summed E-state index contributed by atoms with van der Waals surface area (Å²) in [5.74, 6) is 1.15. The Bertz CT molecular complexity index is 708. The van der Waals surface area contributed by atoms with Crippen LogP contribution in [0.4, 0.5) is 5.69 Å². The van der Waals surface area contributed by atoms with Crippen LogP contribution in [0.25, 0.3) is 0 Å². The number of hydrogen-bond acceptors (Lipinski definition) is 5. The molecule has 0 saturated heterocycles. The number of carbonyl (C=O) groups is 1. The Morgan fingerprint density at radius 1 is 1.10 bits per heavy atom. The van der Waals surface area contributed by atoms with E-state index in [0.717, 1.165) is 39.9 Å². The fraction of sp³-hybridized carbons (Fsp3) is 0.667. The molecule has 1 N–H and O–H groups in total. The molecule has 2 heterocycles. The standard InChI is InChI=1S/C24H38N2OS3/c1-6-8-10-12-18-15-21(30-16-19(18)13-11-9-7-2)23(27)26-22-20(28-4)14-17(3)25-24(22)29-5/h14,21H,6-13,15-16H2,1-5H3,(H,26,27). The Morgan fingerprint density at radius 3 is 2.37 bits per heavy atom. The molecule has 1 amide bonds. The molecule has 1 unspecified atom stereocenters. The van der Waals surface area contributed by atoms with Crippen molar-refractivity contribution in [2.45, 2.75) is 93.7 Å². The van der Waals surface area contributed by atoms with Crippen molar-refractivity contribution in [2.75, 3.05) is 23.6 Å². The van der Waals surface area contributed by atoms with Gasteiger partial charge in [-0.05, 0) is 57.6 Å². The molecular weight excluding hydrogens is 428 g/mol. The minimum atomic E-state index is 0.00210. The number of anilines is 1. The Kier molecular flexibility index (Phi) is 11.8. The second kappa shape index (κ2) is 13.7. The van der Waals surface area contributed by atoms with E-state index in [9.17, 15) is 4.79 Å². The molecule has 1 aromatic heterocycles. The van der Waals surface area contributed by atoms with Gasteiger partial charge in [0, 0.05) is 16.3 Å². The number of nitrogens with zero attached hydrogens (tertiary/aromatic N) is 1. The summed E-state index contributed by atoms with van der Waals surface area (Å²) in [6, 6.07) is 2.07. The summed E-state index contributed by atoms with van der Waals surface area (Å²) in [4.78, 5) is 19.0. The van der Waals surface area contributed by atoms with Crippen LogP contribution in [0.15, 0.2) is 27.1 Å². The van der Waals surface area contributed by atoms with Gasteiger partial charge in [-0.1, -0.05) is 50.7 Å². The number of pyridine rings is 1. The first-order valence-electron chi connectivity index (χ1n) is 11.3. The van der Waals surface area contributed by atoms with E-state index in [4.69, 9.17) is 0 Å². The van der Waals surface area contributed by atoms with Gasteiger partial charge < -0.3 is 5.32 Å². The predicted octanol–water partition coefficient (Wildman–Crippen LogP) is 7.74. The van der Waals surface area contributed by atoms with Crippen molar-refractivity contribution in [3.05, 3.63) is 22.9 Å². The van der Waals surface area contributed by atoms with Crippen LogP contribution in [-0.4, -0.2) is 34.4 Å². The third-order valence-electron chi connectivity index (χ3n) is 5.59. The summed E-state index contributed by atoms with van der Waals surface area (Å²) in [7, 11) is 0. The Balaban J connectivity index is 2.13. The average Bonchev–Trinajstić information content (AvgIpc) is 2.75. The number of rotatable bonds is 12. The van der Waals surface area contributed by atoms with Crippen molar-refractivity contribution in [3.63, 3.8) is 0 Å². The minimum absolute atomic E-state index is 0.00210. The maximum atomic E-state index is 13.2. The van der Waals surface area contributed by atoms with Crippen LogP contribution < -0.4 is 5.32 Å². The summed E-state index contributed by atoms with van der Waals surface area (Å²) in [6.07, 6.45) is 15.0. The molecule has 0 saturated carbocycles. The largest absolute Gasteiger partial charge is 0.322 e. The SMILES string of the molecule is CCCCCC1=C(CCCCC)CC(C(=O)Nc2c(SC)cc(C)nc2SC)SC1. The van der Waals surface area contributed by atoms with Gasteiger partial charge >= 0.3 is 0 Å². The molecule has 30 heavy (non-hydrogen) atoms. The molecule has 1 aromatic rings. The number of unbranched alkanes of at least 4 members (excludes halogenated alkanes) is 4. The molecule has 0 fully saturated rings. The third kappa shape index (κ3) is 7.52. The topological polar surface area (TPSA) is 42.0 Å². The minimum Gasteiger partial charge on any atom is -0.322 e. The molecule has 1 aliphatic rings. The van der Waals surface area contributed by atoms with Gasteiger partial charge in [0.15, 0.2) is 0 Å². The van der Waals surface area contributed by atoms with Gasteiger partial charge in [-0.2, -0.15) is 0 Å². The molecule has 0 aliphatic carbocycles. The summed E-state index contributed by atoms with van der Waals surface area (Å²) in [5.41, 5.74) is 5.07. The first-order valence-corrected chi connectivity index (χ1v) is 14.8. The van der Waals surface area contributed by atoms with Gasteiger partial charge in [0.25, 0.3) is 0 Å². The lowest BCUT2D eigenvalue weighted by molar-refractivity contribution is -0.115. The zero-order chi connectivity index (χ0) is 21.9. The van der Waals surface area contributed by atoms with Gasteiger partial charge in [-0.3, -0.25) is 4.79 Å². The number of hydrogen-bond donors (Lipinski definition) is 1.